The minimum Gasteiger partial charge on any atom is -0.283 e. The summed E-state index contributed by atoms with van der Waals surface area (Å²) in [7, 11) is 0. The van der Waals surface area contributed by atoms with Gasteiger partial charge in [-0.3, -0.25) is 4.57 Å². The molecule has 1 aliphatic rings. The van der Waals surface area contributed by atoms with Crippen LogP contribution in [0.15, 0.2) is 0 Å². The Balaban J connectivity index is 2.44. The van der Waals surface area contributed by atoms with Crippen LogP contribution in [0.25, 0.3) is 0 Å². The predicted molar refractivity (Wildman–Crippen MR) is 47.2 cm³/mol. The summed E-state index contributed by atoms with van der Waals surface area (Å²) in [5.74, 6) is 1.84. The van der Waals surface area contributed by atoms with Gasteiger partial charge in [-0.15, -0.1) is 10.2 Å². The summed E-state index contributed by atoms with van der Waals surface area (Å²) in [6.45, 7) is 4.03. The van der Waals surface area contributed by atoms with Crippen molar-refractivity contribution in [3.8, 4) is 0 Å². The van der Waals surface area contributed by atoms with Gasteiger partial charge in [0.1, 0.15) is 11.6 Å². The normalized spacial score (nSPS) is 22.0. The molecule has 0 amide bonds. The number of aromatic nitrogens is 3. The molecule has 2 heterocycles. The van der Waals surface area contributed by atoms with E-state index in [0.717, 1.165) is 24.5 Å². The van der Waals surface area contributed by atoms with Gasteiger partial charge in [-0.2, -0.15) is 0 Å². The van der Waals surface area contributed by atoms with E-state index in [1.54, 1.807) is 4.57 Å². The van der Waals surface area contributed by atoms with E-state index < -0.39 is 6.30 Å². The molecular weight excluding hydrogens is 169 g/mol. The van der Waals surface area contributed by atoms with E-state index in [-0.39, 0.29) is 5.92 Å². The highest BCUT2D eigenvalue weighted by Gasteiger charge is 2.24. The maximum absolute atomic E-state index is 13.5. The summed E-state index contributed by atoms with van der Waals surface area (Å²) in [5, 5.41) is 8.02. The minimum absolute atomic E-state index is 0.248. The fourth-order valence-electron chi connectivity index (χ4n) is 1.76. The van der Waals surface area contributed by atoms with Gasteiger partial charge in [-0.1, -0.05) is 13.8 Å². The minimum atomic E-state index is -0.906. The summed E-state index contributed by atoms with van der Waals surface area (Å²) < 4.78 is 15.2. The number of hydrogen-bond acceptors (Lipinski definition) is 2. The fourth-order valence-corrected chi connectivity index (χ4v) is 1.76. The summed E-state index contributed by atoms with van der Waals surface area (Å²) >= 11 is 0. The molecule has 2 rings (SSSR count). The summed E-state index contributed by atoms with van der Waals surface area (Å²) in [6, 6.07) is 0. The molecule has 0 radical (unpaired) electrons. The standard InChI is InChI=1S/C9H14FN3/c1-6(2)9-12-11-8-5-3-4-7(10)13(8)9/h6-7H,3-5H2,1-2H3/t7-/m1/s1. The van der Waals surface area contributed by atoms with Crippen LogP contribution in [0.4, 0.5) is 4.39 Å². The average molecular weight is 183 g/mol. The second kappa shape index (κ2) is 3.09. The van der Waals surface area contributed by atoms with Crippen LogP contribution < -0.4 is 0 Å². The Hall–Kier alpha value is -0.930. The molecule has 13 heavy (non-hydrogen) atoms. The van der Waals surface area contributed by atoms with Crippen LogP contribution in [0.2, 0.25) is 0 Å². The topological polar surface area (TPSA) is 30.7 Å². The first kappa shape index (κ1) is 8.66. The second-order valence-corrected chi connectivity index (χ2v) is 3.83. The zero-order chi connectivity index (χ0) is 9.42. The van der Waals surface area contributed by atoms with E-state index in [0.29, 0.717) is 6.42 Å². The predicted octanol–water partition coefficient (Wildman–Crippen LogP) is 2.21. The zero-order valence-corrected chi connectivity index (χ0v) is 8.00. The highest BCUT2D eigenvalue weighted by Crippen LogP contribution is 2.28. The molecule has 0 aromatic carbocycles. The van der Waals surface area contributed by atoms with E-state index in [9.17, 15) is 4.39 Å². The van der Waals surface area contributed by atoms with Gasteiger partial charge in [0.2, 0.25) is 0 Å². The van der Waals surface area contributed by atoms with Crippen molar-refractivity contribution in [1.29, 1.82) is 0 Å². The van der Waals surface area contributed by atoms with Gasteiger partial charge < -0.3 is 0 Å². The molecule has 72 valence electrons. The fraction of sp³-hybridized carbons (Fsp3) is 0.778. The molecule has 0 saturated carbocycles. The molecule has 1 aliphatic heterocycles. The van der Waals surface area contributed by atoms with Crippen molar-refractivity contribution >= 4 is 0 Å². The van der Waals surface area contributed by atoms with E-state index >= 15 is 0 Å². The van der Waals surface area contributed by atoms with Crippen molar-refractivity contribution in [3.63, 3.8) is 0 Å². The van der Waals surface area contributed by atoms with Crippen molar-refractivity contribution < 1.29 is 4.39 Å². The maximum Gasteiger partial charge on any atom is 0.178 e. The Morgan fingerprint density at radius 2 is 2.23 bits per heavy atom. The highest BCUT2D eigenvalue weighted by molar-refractivity contribution is 5.03. The van der Waals surface area contributed by atoms with Gasteiger partial charge in [0.25, 0.3) is 0 Å². The van der Waals surface area contributed by atoms with Gasteiger partial charge in [0, 0.05) is 12.3 Å². The summed E-state index contributed by atoms with van der Waals surface area (Å²) in [5.41, 5.74) is 0. The molecule has 0 aliphatic carbocycles. The Labute approximate surface area is 77.0 Å². The number of nitrogens with zero attached hydrogens (tertiary/aromatic N) is 3. The second-order valence-electron chi connectivity index (χ2n) is 3.83. The molecule has 3 nitrogen and oxygen atoms in total. The Morgan fingerprint density at radius 3 is 2.92 bits per heavy atom. The first-order chi connectivity index (χ1) is 6.20. The smallest absolute Gasteiger partial charge is 0.178 e. The van der Waals surface area contributed by atoms with Crippen molar-refractivity contribution in [2.24, 2.45) is 0 Å². The van der Waals surface area contributed by atoms with Crippen LogP contribution in [0.3, 0.4) is 0 Å². The van der Waals surface area contributed by atoms with E-state index in [1.165, 1.54) is 0 Å². The summed E-state index contributed by atoms with van der Waals surface area (Å²) in [4.78, 5) is 0. The molecule has 0 fully saturated rings. The third kappa shape index (κ3) is 1.34. The Bertz CT molecular complexity index is 306. The van der Waals surface area contributed by atoms with Crippen LogP contribution in [0, 0.1) is 0 Å². The van der Waals surface area contributed by atoms with Crippen molar-refractivity contribution in [3.05, 3.63) is 11.6 Å². The lowest BCUT2D eigenvalue weighted by Gasteiger charge is -2.20. The number of aryl methyl sites for hydroxylation is 1. The molecule has 1 atom stereocenters. The number of fused-ring (bicyclic) bond motifs is 1. The van der Waals surface area contributed by atoms with Crippen LogP contribution >= 0.6 is 0 Å². The largest absolute Gasteiger partial charge is 0.283 e. The number of halogens is 1. The lowest BCUT2D eigenvalue weighted by molar-refractivity contribution is 0.190. The van der Waals surface area contributed by atoms with Crippen molar-refractivity contribution in [2.45, 2.75) is 45.3 Å². The van der Waals surface area contributed by atoms with E-state index in [4.69, 9.17) is 0 Å². The average Bonchev–Trinajstić information content (AvgIpc) is 2.49. The van der Waals surface area contributed by atoms with Crippen LogP contribution in [-0.4, -0.2) is 14.8 Å². The Morgan fingerprint density at radius 1 is 1.46 bits per heavy atom. The molecule has 0 unspecified atom stereocenters. The Kier molecular flexibility index (Phi) is 2.06. The maximum atomic E-state index is 13.5. The van der Waals surface area contributed by atoms with Crippen LogP contribution in [0.1, 0.15) is 50.6 Å². The van der Waals surface area contributed by atoms with Gasteiger partial charge in [0.05, 0.1) is 0 Å². The summed E-state index contributed by atoms with van der Waals surface area (Å²) in [6.07, 6.45) is 1.44. The zero-order valence-electron chi connectivity index (χ0n) is 8.00. The van der Waals surface area contributed by atoms with Crippen molar-refractivity contribution in [1.82, 2.24) is 14.8 Å². The van der Waals surface area contributed by atoms with E-state index in [1.807, 2.05) is 13.8 Å². The SMILES string of the molecule is CC(C)c1nnc2n1[C@@H](F)CCC2. The number of alkyl halides is 1. The highest BCUT2D eigenvalue weighted by atomic mass is 19.1. The molecule has 1 aromatic heterocycles. The molecule has 4 heteroatoms. The van der Waals surface area contributed by atoms with Gasteiger partial charge >= 0.3 is 0 Å². The van der Waals surface area contributed by atoms with Gasteiger partial charge in [0.15, 0.2) is 6.30 Å². The molecule has 1 aromatic rings. The first-order valence-electron chi connectivity index (χ1n) is 4.78. The third-order valence-corrected chi connectivity index (χ3v) is 2.43. The molecule has 0 N–H and O–H groups in total. The molecule has 0 spiro atoms. The number of hydrogen-bond donors (Lipinski definition) is 0. The monoisotopic (exact) mass is 183 g/mol. The molecule has 0 saturated heterocycles. The molecule has 0 bridgehead atoms. The van der Waals surface area contributed by atoms with Gasteiger partial charge in [-0.05, 0) is 12.8 Å². The third-order valence-electron chi connectivity index (χ3n) is 2.43. The quantitative estimate of drug-likeness (QED) is 0.668. The number of rotatable bonds is 1. The lowest BCUT2D eigenvalue weighted by atomic mass is 10.1. The van der Waals surface area contributed by atoms with E-state index in [2.05, 4.69) is 10.2 Å². The lowest BCUT2D eigenvalue weighted by Crippen LogP contribution is -2.17. The first-order valence-corrected chi connectivity index (χ1v) is 4.78. The molecular formula is C9H14FN3. The van der Waals surface area contributed by atoms with Gasteiger partial charge in [-0.25, -0.2) is 4.39 Å². The van der Waals surface area contributed by atoms with Crippen LogP contribution in [0.5, 0.6) is 0 Å². The van der Waals surface area contributed by atoms with Crippen LogP contribution in [-0.2, 0) is 6.42 Å². The van der Waals surface area contributed by atoms with Crippen molar-refractivity contribution in [2.75, 3.05) is 0 Å².